The topological polar surface area (TPSA) is 125 Å². The molecule has 1 aliphatic carbocycles. The SMILES string of the molecule is N#Cc1cc(C(=O)NNC(=O)c2occc2-c2ccccc2OCC2CCCCC2)ccc1O. The van der Waals surface area contributed by atoms with Crippen LogP contribution in [0.25, 0.3) is 11.1 Å². The zero-order valence-corrected chi connectivity index (χ0v) is 18.5. The molecule has 8 nitrogen and oxygen atoms in total. The zero-order valence-electron chi connectivity index (χ0n) is 18.5. The molecule has 3 N–H and O–H groups in total. The van der Waals surface area contributed by atoms with Crippen molar-refractivity contribution in [1.82, 2.24) is 10.9 Å². The summed E-state index contributed by atoms with van der Waals surface area (Å²) in [5.74, 6) is -0.291. The molecule has 2 aromatic carbocycles. The maximum Gasteiger partial charge on any atom is 0.306 e. The van der Waals surface area contributed by atoms with E-state index in [-0.39, 0.29) is 22.6 Å². The zero-order chi connectivity index (χ0) is 23.9. The number of nitrogens with zero attached hydrogens (tertiary/aromatic N) is 1. The minimum atomic E-state index is -0.644. The van der Waals surface area contributed by atoms with Crippen LogP contribution >= 0.6 is 0 Å². The van der Waals surface area contributed by atoms with Gasteiger partial charge in [0.2, 0.25) is 5.76 Å². The third kappa shape index (κ3) is 5.21. The summed E-state index contributed by atoms with van der Waals surface area (Å²) in [4.78, 5) is 25.2. The van der Waals surface area contributed by atoms with Gasteiger partial charge in [-0.2, -0.15) is 5.26 Å². The van der Waals surface area contributed by atoms with Gasteiger partial charge in [0.15, 0.2) is 0 Å². The Morgan fingerprint density at radius 3 is 2.59 bits per heavy atom. The van der Waals surface area contributed by atoms with Gasteiger partial charge in [0.25, 0.3) is 5.91 Å². The molecule has 174 valence electrons. The highest BCUT2D eigenvalue weighted by atomic mass is 16.5. The number of carbonyl (C=O) groups is 2. The van der Waals surface area contributed by atoms with E-state index in [1.54, 1.807) is 12.1 Å². The second-order valence-electron chi connectivity index (χ2n) is 8.23. The van der Waals surface area contributed by atoms with Gasteiger partial charge >= 0.3 is 5.91 Å². The molecule has 1 aromatic heterocycles. The lowest BCUT2D eigenvalue weighted by Gasteiger charge is -2.22. The van der Waals surface area contributed by atoms with Crippen molar-refractivity contribution in [2.24, 2.45) is 5.92 Å². The second-order valence-corrected chi connectivity index (χ2v) is 8.23. The predicted molar refractivity (Wildman–Crippen MR) is 124 cm³/mol. The fraction of sp³-hybridized carbons (Fsp3) is 0.269. The van der Waals surface area contributed by atoms with Crippen LogP contribution in [0.1, 0.15) is 58.6 Å². The van der Waals surface area contributed by atoms with Crippen LogP contribution in [0.3, 0.4) is 0 Å². The van der Waals surface area contributed by atoms with Gasteiger partial charge in [0, 0.05) is 16.7 Å². The van der Waals surface area contributed by atoms with E-state index in [1.807, 2.05) is 24.3 Å². The number of ether oxygens (including phenoxy) is 1. The van der Waals surface area contributed by atoms with E-state index in [1.165, 1.54) is 43.7 Å². The molecule has 0 aliphatic heterocycles. The number of amides is 2. The average molecular weight is 460 g/mol. The Morgan fingerprint density at radius 1 is 1.03 bits per heavy atom. The highest BCUT2D eigenvalue weighted by Gasteiger charge is 2.21. The van der Waals surface area contributed by atoms with Crippen molar-refractivity contribution < 1.29 is 23.8 Å². The number of benzene rings is 2. The van der Waals surface area contributed by atoms with Gasteiger partial charge in [-0.05, 0) is 49.1 Å². The van der Waals surface area contributed by atoms with Crippen molar-refractivity contribution in [2.75, 3.05) is 6.61 Å². The normalized spacial score (nSPS) is 13.6. The first kappa shape index (κ1) is 22.9. The van der Waals surface area contributed by atoms with E-state index in [2.05, 4.69) is 10.9 Å². The smallest absolute Gasteiger partial charge is 0.306 e. The first-order chi connectivity index (χ1) is 16.6. The molecule has 34 heavy (non-hydrogen) atoms. The van der Waals surface area contributed by atoms with Crippen LogP contribution in [0.2, 0.25) is 0 Å². The third-order valence-corrected chi connectivity index (χ3v) is 5.92. The average Bonchev–Trinajstić information content (AvgIpc) is 3.37. The number of para-hydroxylation sites is 1. The fourth-order valence-electron chi connectivity index (χ4n) is 4.08. The van der Waals surface area contributed by atoms with E-state index in [4.69, 9.17) is 14.4 Å². The number of phenolic OH excluding ortho intramolecular Hbond substituents is 1. The maximum absolute atomic E-state index is 12.8. The second kappa shape index (κ2) is 10.6. The molecule has 4 rings (SSSR count). The van der Waals surface area contributed by atoms with Crippen molar-refractivity contribution in [3.8, 4) is 28.7 Å². The third-order valence-electron chi connectivity index (χ3n) is 5.92. The first-order valence-electron chi connectivity index (χ1n) is 11.2. The summed E-state index contributed by atoms with van der Waals surface area (Å²) in [5, 5.41) is 18.6. The number of carbonyl (C=O) groups excluding carboxylic acids is 2. The molecule has 2 amide bonds. The monoisotopic (exact) mass is 459 g/mol. The summed E-state index contributed by atoms with van der Waals surface area (Å²) < 4.78 is 11.6. The van der Waals surface area contributed by atoms with Gasteiger partial charge in [-0.25, -0.2) is 0 Å². The molecule has 1 fully saturated rings. The molecule has 1 heterocycles. The quantitative estimate of drug-likeness (QED) is 0.464. The molecule has 8 heteroatoms. The summed E-state index contributed by atoms with van der Waals surface area (Å²) in [7, 11) is 0. The van der Waals surface area contributed by atoms with Crippen LogP contribution in [0, 0.1) is 17.2 Å². The predicted octanol–water partition coefficient (Wildman–Crippen LogP) is 4.56. The number of aromatic hydroxyl groups is 1. The molecule has 0 saturated heterocycles. The van der Waals surface area contributed by atoms with Crippen molar-refractivity contribution in [1.29, 1.82) is 5.26 Å². The Bertz CT molecular complexity index is 1220. The number of rotatable bonds is 6. The summed E-state index contributed by atoms with van der Waals surface area (Å²) in [6, 6.07) is 14.8. The Morgan fingerprint density at radius 2 is 1.79 bits per heavy atom. The number of nitrogens with one attached hydrogen (secondary N) is 2. The van der Waals surface area contributed by atoms with E-state index < -0.39 is 11.8 Å². The number of hydrazine groups is 1. The largest absolute Gasteiger partial charge is 0.507 e. The number of hydrogen-bond donors (Lipinski definition) is 3. The van der Waals surface area contributed by atoms with E-state index in [0.29, 0.717) is 23.8 Å². The first-order valence-corrected chi connectivity index (χ1v) is 11.2. The Labute approximate surface area is 197 Å². The molecule has 3 aromatic rings. The van der Waals surface area contributed by atoms with Gasteiger partial charge in [0.1, 0.15) is 17.6 Å². The lowest BCUT2D eigenvalue weighted by Crippen LogP contribution is -2.41. The number of furan rings is 1. The molecule has 1 saturated carbocycles. The highest BCUT2D eigenvalue weighted by molar-refractivity contribution is 6.01. The van der Waals surface area contributed by atoms with Crippen LogP contribution < -0.4 is 15.6 Å². The molecule has 0 radical (unpaired) electrons. The lowest BCUT2D eigenvalue weighted by atomic mass is 9.90. The van der Waals surface area contributed by atoms with Crippen LogP contribution in [0.5, 0.6) is 11.5 Å². The summed E-state index contributed by atoms with van der Waals surface area (Å²) >= 11 is 0. The summed E-state index contributed by atoms with van der Waals surface area (Å²) in [6.07, 6.45) is 7.48. The van der Waals surface area contributed by atoms with Crippen molar-refractivity contribution >= 4 is 11.8 Å². The molecule has 0 bridgehead atoms. The Hall–Kier alpha value is -4.25. The van der Waals surface area contributed by atoms with E-state index in [0.717, 1.165) is 18.4 Å². The van der Waals surface area contributed by atoms with Crippen LogP contribution in [0.4, 0.5) is 0 Å². The van der Waals surface area contributed by atoms with Crippen molar-refractivity contribution in [3.05, 3.63) is 71.7 Å². The summed E-state index contributed by atoms with van der Waals surface area (Å²) in [5.41, 5.74) is 5.96. The number of hydrogen-bond acceptors (Lipinski definition) is 6. The van der Waals surface area contributed by atoms with E-state index in [9.17, 15) is 14.7 Å². The molecule has 0 unspecified atom stereocenters. The van der Waals surface area contributed by atoms with Gasteiger partial charge in [-0.1, -0.05) is 37.5 Å². The molecule has 0 spiro atoms. The van der Waals surface area contributed by atoms with Crippen molar-refractivity contribution in [3.63, 3.8) is 0 Å². The maximum atomic E-state index is 12.8. The number of phenols is 1. The van der Waals surface area contributed by atoms with Crippen LogP contribution in [0.15, 0.2) is 59.2 Å². The van der Waals surface area contributed by atoms with Gasteiger partial charge < -0.3 is 14.3 Å². The summed E-state index contributed by atoms with van der Waals surface area (Å²) in [6.45, 7) is 0.629. The Kier molecular flexibility index (Phi) is 7.13. The van der Waals surface area contributed by atoms with Crippen molar-refractivity contribution in [2.45, 2.75) is 32.1 Å². The molecular formula is C26H25N3O5. The standard InChI is InChI=1S/C26H25N3O5/c27-15-19-14-18(10-11-22(19)30)25(31)28-29-26(32)24-21(12-13-33-24)20-8-4-5-9-23(20)34-16-17-6-2-1-3-7-17/h4-5,8-14,17,30H,1-3,6-7,16H2,(H,28,31)(H,29,32). The molecular weight excluding hydrogens is 434 g/mol. The van der Waals surface area contributed by atoms with Crippen LogP contribution in [-0.2, 0) is 0 Å². The minimum absolute atomic E-state index is 0.0254. The highest BCUT2D eigenvalue weighted by Crippen LogP contribution is 2.34. The minimum Gasteiger partial charge on any atom is -0.507 e. The molecule has 0 atom stereocenters. The van der Waals surface area contributed by atoms with Gasteiger partial charge in [-0.3, -0.25) is 20.4 Å². The Balaban J connectivity index is 1.45. The van der Waals surface area contributed by atoms with Crippen LogP contribution in [-0.4, -0.2) is 23.5 Å². The van der Waals surface area contributed by atoms with Gasteiger partial charge in [-0.15, -0.1) is 0 Å². The van der Waals surface area contributed by atoms with E-state index >= 15 is 0 Å². The lowest BCUT2D eigenvalue weighted by molar-refractivity contribution is 0.0831. The molecule has 1 aliphatic rings. The fourth-order valence-corrected chi connectivity index (χ4v) is 4.08. The van der Waals surface area contributed by atoms with Gasteiger partial charge in [0.05, 0.1) is 18.4 Å². The number of nitriles is 1.